The minimum Gasteiger partial charge on any atom is -0.390 e. The SMILES string of the molecule is Cc1ccc(S(=O)(=O)OCC2CC(O)C(O)[C@@H](O)[C@H]2O)cc1. The average molecular weight is 332 g/mol. The highest BCUT2D eigenvalue weighted by molar-refractivity contribution is 7.86. The van der Waals surface area contributed by atoms with Crippen LogP contribution in [0.25, 0.3) is 0 Å². The van der Waals surface area contributed by atoms with Gasteiger partial charge in [0, 0.05) is 5.92 Å². The van der Waals surface area contributed by atoms with Gasteiger partial charge in [-0.2, -0.15) is 8.42 Å². The van der Waals surface area contributed by atoms with E-state index in [1.165, 1.54) is 12.1 Å². The Balaban J connectivity index is 2.04. The summed E-state index contributed by atoms with van der Waals surface area (Å²) in [5.41, 5.74) is 0.905. The highest BCUT2D eigenvalue weighted by Gasteiger charge is 2.42. The lowest BCUT2D eigenvalue weighted by Crippen LogP contribution is -2.54. The van der Waals surface area contributed by atoms with Crippen LogP contribution in [0, 0.1) is 12.8 Å². The third-order valence-corrected chi connectivity index (χ3v) is 5.16. The number of hydrogen-bond donors (Lipinski definition) is 4. The molecule has 1 aliphatic rings. The van der Waals surface area contributed by atoms with Crippen molar-refractivity contribution in [2.75, 3.05) is 6.61 Å². The molecule has 0 amide bonds. The fourth-order valence-electron chi connectivity index (χ4n) is 2.41. The van der Waals surface area contributed by atoms with Gasteiger partial charge in [-0.15, -0.1) is 0 Å². The van der Waals surface area contributed by atoms with Crippen LogP contribution in [0.5, 0.6) is 0 Å². The van der Waals surface area contributed by atoms with Gasteiger partial charge in [0.1, 0.15) is 12.2 Å². The third-order valence-electron chi connectivity index (χ3n) is 3.87. The van der Waals surface area contributed by atoms with E-state index in [1.54, 1.807) is 12.1 Å². The van der Waals surface area contributed by atoms with Crippen molar-refractivity contribution in [1.82, 2.24) is 0 Å². The molecule has 22 heavy (non-hydrogen) atoms. The van der Waals surface area contributed by atoms with Crippen LogP contribution in [0.3, 0.4) is 0 Å². The minimum absolute atomic E-state index is 0.00969. The molecule has 3 unspecified atom stereocenters. The summed E-state index contributed by atoms with van der Waals surface area (Å²) in [4.78, 5) is -0.00969. The van der Waals surface area contributed by atoms with Crippen molar-refractivity contribution in [1.29, 1.82) is 0 Å². The molecule has 0 aliphatic heterocycles. The first kappa shape index (κ1) is 17.3. The molecule has 5 atom stereocenters. The Bertz CT molecular complexity index is 598. The third kappa shape index (κ3) is 3.65. The van der Waals surface area contributed by atoms with Crippen LogP contribution in [0.4, 0.5) is 0 Å². The van der Waals surface area contributed by atoms with Gasteiger partial charge in [0.05, 0.1) is 23.7 Å². The van der Waals surface area contributed by atoms with Gasteiger partial charge in [0.15, 0.2) is 0 Å². The monoisotopic (exact) mass is 332 g/mol. The largest absolute Gasteiger partial charge is 0.390 e. The molecule has 1 saturated carbocycles. The smallest absolute Gasteiger partial charge is 0.296 e. The normalized spacial score (nSPS) is 32.9. The van der Waals surface area contributed by atoms with E-state index in [9.17, 15) is 28.8 Å². The lowest BCUT2D eigenvalue weighted by molar-refractivity contribution is -0.161. The molecule has 1 aromatic rings. The van der Waals surface area contributed by atoms with E-state index in [4.69, 9.17) is 4.18 Å². The van der Waals surface area contributed by atoms with Gasteiger partial charge in [-0.05, 0) is 25.5 Å². The van der Waals surface area contributed by atoms with Gasteiger partial charge in [-0.1, -0.05) is 17.7 Å². The zero-order chi connectivity index (χ0) is 16.5. The molecule has 0 bridgehead atoms. The Labute approximate surface area is 128 Å². The molecule has 1 aliphatic carbocycles. The van der Waals surface area contributed by atoms with Gasteiger partial charge < -0.3 is 20.4 Å². The van der Waals surface area contributed by atoms with Crippen molar-refractivity contribution in [2.45, 2.75) is 42.7 Å². The van der Waals surface area contributed by atoms with Crippen molar-refractivity contribution >= 4 is 10.1 Å². The van der Waals surface area contributed by atoms with Gasteiger partial charge >= 0.3 is 0 Å². The van der Waals surface area contributed by atoms with Crippen molar-refractivity contribution in [3.63, 3.8) is 0 Å². The molecule has 0 heterocycles. The lowest BCUT2D eigenvalue weighted by Gasteiger charge is -2.37. The molecule has 2 rings (SSSR count). The summed E-state index contributed by atoms with van der Waals surface area (Å²) < 4.78 is 29.0. The highest BCUT2D eigenvalue weighted by atomic mass is 32.2. The fraction of sp³-hybridized carbons (Fsp3) is 0.571. The Kier molecular flexibility index (Phi) is 5.21. The van der Waals surface area contributed by atoms with E-state index < -0.39 is 47.1 Å². The zero-order valence-corrected chi connectivity index (χ0v) is 12.8. The molecule has 0 spiro atoms. The minimum atomic E-state index is -3.99. The molecule has 0 saturated heterocycles. The topological polar surface area (TPSA) is 124 Å². The second-order valence-electron chi connectivity index (χ2n) is 5.59. The fourth-order valence-corrected chi connectivity index (χ4v) is 3.37. The first-order valence-corrected chi connectivity index (χ1v) is 8.31. The Morgan fingerprint density at radius 1 is 1.05 bits per heavy atom. The van der Waals surface area contributed by atoms with Crippen molar-refractivity contribution in [2.24, 2.45) is 5.92 Å². The van der Waals surface area contributed by atoms with Gasteiger partial charge in [0.2, 0.25) is 0 Å². The van der Waals surface area contributed by atoms with E-state index in [2.05, 4.69) is 0 Å². The molecule has 124 valence electrons. The molecule has 4 N–H and O–H groups in total. The number of aliphatic hydroxyl groups excluding tert-OH is 4. The quantitative estimate of drug-likeness (QED) is 0.530. The molecule has 0 aromatic heterocycles. The summed E-state index contributed by atoms with van der Waals surface area (Å²) >= 11 is 0. The van der Waals surface area contributed by atoms with E-state index in [1.807, 2.05) is 6.92 Å². The van der Waals surface area contributed by atoms with Crippen LogP contribution in [0.1, 0.15) is 12.0 Å². The zero-order valence-electron chi connectivity index (χ0n) is 12.0. The van der Waals surface area contributed by atoms with Gasteiger partial charge in [-0.3, -0.25) is 4.18 Å². The van der Waals surface area contributed by atoms with Crippen molar-refractivity contribution < 1.29 is 33.0 Å². The lowest BCUT2D eigenvalue weighted by atomic mass is 9.81. The Morgan fingerprint density at radius 2 is 1.64 bits per heavy atom. The molecular formula is C14H20O7S. The average Bonchev–Trinajstić information content (AvgIpc) is 2.48. The van der Waals surface area contributed by atoms with Crippen molar-refractivity contribution in [3.05, 3.63) is 29.8 Å². The highest BCUT2D eigenvalue weighted by Crippen LogP contribution is 2.27. The second kappa shape index (κ2) is 6.61. The second-order valence-corrected chi connectivity index (χ2v) is 7.20. The van der Waals surface area contributed by atoms with E-state index in [0.717, 1.165) is 5.56 Å². The molecule has 1 aromatic carbocycles. The molecular weight excluding hydrogens is 312 g/mol. The molecule has 8 heteroatoms. The van der Waals surface area contributed by atoms with Gasteiger partial charge in [0.25, 0.3) is 10.1 Å². The summed E-state index contributed by atoms with van der Waals surface area (Å²) in [7, 11) is -3.99. The van der Waals surface area contributed by atoms with Crippen molar-refractivity contribution in [3.8, 4) is 0 Å². The molecule has 0 radical (unpaired) electrons. The van der Waals surface area contributed by atoms with Gasteiger partial charge in [-0.25, -0.2) is 0 Å². The van der Waals surface area contributed by atoms with E-state index >= 15 is 0 Å². The Morgan fingerprint density at radius 3 is 2.23 bits per heavy atom. The van der Waals surface area contributed by atoms with E-state index in [0.29, 0.717) is 0 Å². The van der Waals surface area contributed by atoms with Crippen LogP contribution in [-0.2, 0) is 14.3 Å². The maximum atomic E-state index is 12.0. The Hall–Kier alpha value is -1.03. The summed E-state index contributed by atoms with van der Waals surface area (Å²) in [6.07, 6.45) is -5.68. The number of aryl methyl sites for hydroxylation is 1. The summed E-state index contributed by atoms with van der Waals surface area (Å²) in [6.45, 7) is 1.43. The molecule has 1 fully saturated rings. The summed E-state index contributed by atoms with van der Waals surface area (Å²) in [5.74, 6) is -0.798. The number of rotatable bonds is 4. The number of aliphatic hydroxyl groups is 4. The molecule has 7 nitrogen and oxygen atoms in total. The summed E-state index contributed by atoms with van der Waals surface area (Å²) in [5, 5.41) is 38.5. The van der Waals surface area contributed by atoms with Crippen LogP contribution >= 0.6 is 0 Å². The first-order valence-electron chi connectivity index (χ1n) is 6.91. The van der Waals surface area contributed by atoms with Crippen LogP contribution in [0.15, 0.2) is 29.2 Å². The van der Waals surface area contributed by atoms with Crippen LogP contribution in [-0.4, -0.2) is 59.9 Å². The first-order chi connectivity index (χ1) is 10.2. The number of benzene rings is 1. The number of hydrogen-bond acceptors (Lipinski definition) is 7. The standard InChI is InChI=1S/C14H20O7S/c1-8-2-4-10(5-3-8)22(19,20)21-7-9-6-11(15)13(17)14(18)12(9)16/h2-5,9,11-18H,6-7H2,1H3/t9?,11?,12-,13?,14-/m0/s1. The van der Waals surface area contributed by atoms with Crippen LogP contribution in [0.2, 0.25) is 0 Å². The van der Waals surface area contributed by atoms with Crippen LogP contribution < -0.4 is 0 Å². The van der Waals surface area contributed by atoms with E-state index in [-0.39, 0.29) is 11.3 Å². The maximum Gasteiger partial charge on any atom is 0.296 e. The maximum absolute atomic E-state index is 12.0. The predicted octanol–water partition coefficient (Wildman–Crippen LogP) is -0.836. The summed E-state index contributed by atoms with van der Waals surface area (Å²) in [6, 6.07) is 6.09. The predicted molar refractivity (Wildman–Crippen MR) is 76.5 cm³/mol.